The maximum atomic E-state index is 13.3. The average Bonchev–Trinajstić information content (AvgIpc) is 2.94. The van der Waals surface area contributed by atoms with Gasteiger partial charge in [0, 0.05) is 49.4 Å². The summed E-state index contributed by atoms with van der Waals surface area (Å²) in [4.78, 5) is 17.5. The highest BCUT2D eigenvalue weighted by Gasteiger charge is 2.33. The Morgan fingerprint density at radius 3 is 2.40 bits per heavy atom. The molecule has 3 aromatic carbocycles. The lowest BCUT2D eigenvalue weighted by Crippen LogP contribution is -2.58. The fourth-order valence-electron chi connectivity index (χ4n) is 4.95. The van der Waals surface area contributed by atoms with Crippen molar-refractivity contribution in [1.82, 2.24) is 14.1 Å². The monoisotopic (exact) mass is 587 g/mol. The molecule has 1 saturated heterocycles. The molecule has 1 unspecified atom stereocenters. The number of hydrogen-bond acceptors (Lipinski definition) is 5. The summed E-state index contributed by atoms with van der Waals surface area (Å²) >= 11 is 6.27. The van der Waals surface area contributed by atoms with Crippen LogP contribution in [-0.2, 0) is 21.4 Å². The fourth-order valence-corrected chi connectivity index (χ4v) is 6.50. The molecular weight excluding hydrogens is 553 g/mol. The number of rotatable bonds is 9. The minimum absolute atomic E-state index is 0.0430. The third kappa shape index (κ3) is 6.83. The zero-order valence-corrected chi connectivity index (χ0v) is 24.7. The molecule has 0 spiro atoms. The highest BCUT2D eigenvalue weighted by Crippen LogP contribution is 2.34. The van der Waals surface area contributed by atoms with E-state index in [9.17, 15) is 17.6 Å². The summed E-state index contributed by atoms with van der Waals surface area (Å²) in [7, 11) is -2.26. The van der Waals surface area contributed by atoms with E-state index in [2.05, 4.69) is 11.8 Å². The average molecular weight is 588 g/mol. The van der Waals surface area contributed by atoms with Gasteiger partial charge >= 0.3 is 0 Å². The van der Waals surface area contributed by atoms with Gasteiger partial charge in [0.1, 0.15) is 11.6 Å². The van der Waals surface area contributed by atoms with Crippen molar-refractivity contribution in [2.45, 2.75) is 50.3 Å². The van der Waals surface area contributed by atoms with E-state index in [1.807, 2.05) is 11.8 Å². The summed E-state index contributed by atoms with van der Waals surface area (Å²) in [6, 6.07) is 19.1. The van der Waals surface area contributed by atoms with Crippen molar-refractivity contribution in [1.29, 1.82) is 0 Å². The molecule has 4 rings (SSSR count). The zero-order chi connectivity index (χ0) is 29.0. The van der Waals surface area contributed by atoms with Crippen LogP contribution in [0.3, 0.4) is 0 Å². The maximum Gasteiger partial charge on any atom is 0.260 e. The molecule has 7 nitrogen and oxygen atoms in total. The smallest absolute Gasteiger partial charge is 0.260 e. The Balaban J connectivity index is 1.43. The molecule has 0 aliphatic carbocycles. The summed E-state index contributed by atoms with van der Waals surface area (Å²) in [5.41, 5.74) is 1.58. The molecule has 214 valence electrons. The minimum atomic E-state index is -3.77. The number of nitrogens with zero attached hydrogens (tertiary/aromatic N) is 3. The van der Waals surface area contributed by atoms with Crippen LogP contribution in [0.2, 0.25) is 5.02 Å². The second-order valence-electron chi connectivity index (χ2n) is 10.3. The molecule has 0 saturated carbocycles. The number of carbonyl (C=O) groups is 1. The summed E-state index contributed by atoms with van der Waals surface area (Å²) in [6.07, 6.45) is 0. The first-order valence-electron chi connectivity index (χ1n) is 13.2. The van der Waals surface area contributed by atoms with Gasteiger partial charge in [0.05, 0.1) is 10.9 Å². The summed E-state index contributed by atoms with van der Waals surface area (Å²) in [5, 5.41) is 0.436. The SMILES string of the molecule is CC(c1cc(Cl)ccc1OCC(=O)N1C[C@H](C)N(Cc2ccc(F)cc2)C[C@H]1C)N(C)S(=O)(=O)c1ccccc1. The van der Waals surface area contributed by atoms with Crippen LogP contribution in [0, 0.1) is 5.82 Å². The van der Waals surface area contributed by atoms with Gasteiger partial charge in [-0.1, -0.05) is 41.9 Å². The van der Waals surface area contributed by atoms with Gasteiger partial charge < -0.3 is 9.64 Å². The van der Waals surface area contributed by atoms with Crippen molar-refractivity contribution in [2.75, 3.05) is 26.7 Å². The number of halogens is 2. The Kier molecular flexibility index (Phi) is 9.51. The van der Waals surface area contributed by atoms with Gasteiger partial charge in [-0.05, 0) is 68.8 Å². The number of carbonyl (C=O) groups excluding carboxylic acids is 1. The molecular formula is C30H35ClFN3O4S. The second kappa shape index (κ2) is 12.7. The standard InChI is InChI=1S/C30H35ClFN3O4S/c1-21-18-35(22(2)17-34(21)19-24-10-13-26(32)14-11-24)30(36)20-39-29-15-12-25(31)16-28(29)23(3)33(4)40(37,38)27-8-6-5-7-9-27/h5-16,21-23H,17-20H2,1-4H3/t21-,22+,23?/m0/s1. The topological polar surface area (TPSA) is 70.2 Å². The lowest BCUT2D eigenvalue weighted by molar-refractivity contribution is -0.139. The van der Waals surface area contributed by atoms with Crippen LogP contribution >= 0.6 is 11.6 Å². The Morgan fingerprint density at radius 1 is 1.05 bits per heavy atom. The van der Waals surface area contributed by atoms with Gasteiger partial charge in [0.2, 0.25) is 10.0 Å². The largest absolute Gasteiger partial charge is 0.483 e. The van der Waals surface area contributed by atoms with E-state index in [1.54, 1.807) is 67.6 Å². The van der Waals surface area contributed by atoms with E-state index in [1.165, 1.54) is 23.5 Å². The predicted molar refractivity (Wildman–Crippen MR) is 154 cm³/mol. The number of sulfonamides is 1. The summed E-state index contributed by atoms with van der Waals surface area (Å²) in [5.74, 6) is -0.0149. The van der Waals surface area contributed by atoms with Crippen molar-refractivity contribution in [3.63, 3.8) is 0 Å². The number of benzene rings is 3. The van der Waals surface area contributed by atoms with E-state index in [0.717, 1.165) is 5.56 Å². The molecule has 1 aliphatic heterocycles. The van der Waals surface area contributed by atoms with E-state index in [-0.39, 0.29) is 35.3 Å². The Hall–Kier alpha value is -2.98. The van der Waals surface area contributed by atoms with Gasteiger partial charge in [-0.2, -0.15) is 4.31 Å². The van der Waals surface area contributed by atoms with Gasteiger partial charge in [-0.25, -0.2) is 12.8 Å². The zero-order valence-electron chi connectivity index (χ0n) is 23.1. The van der Waals surface area contributed by atoms with Crippen molar-refractivity contribution in [3.05, 3.63) is 94.8 Å². The molecule has 1 heterocycles. The van der Waals surface area contributed by atoms with E-state index >= 15 is 0 Å². The van der Waals surface area contributed by atoms with Gasteiger partial charge in [-0.15, -0.1) is 0 Å². The van der Waals surface area contributed by atoms with Crippen LogP contribution in [-0.4, -0.2) is 67.3 Å². The lowest BCUT2D eigenvalue weighted by atomic mass is 10.1. The fraction of sp³-hybridized carbons (Fsp3) is 0.367. The van der Waals surface area contributed by atoms with Crippen LogP contribution < -0.4 is 4.74 Å². The van der Waals surface area contributed by atoms with Gasteiger partial charge in [0.25, 0.3) is 5.91 Å². The normalized spacial score (nSPS) is 19.0. The molecule has 1 amide bonds. The molecule has 1 aliphatic rings. The molecule has 0 aromatic heterocycles. The van der Waals surface area contributed by atoms with Gasteiger partial charge in [-0.3, -0.25) is 9.69 Å². The van der Waals surface area contributed by atoms with Crippen LogP contribution in [0.25, 0.3) is 0 Å². The molecule has 0 radical (unpaired) electrons. The number of hydrogen-bond donors (Lipinski definition) is 0. The van der Waals surface area contributed by atoms with Crippen LogP contribution in [0.15, 0.2) is 77.7 Å². The Labute approximate surface area is 241 Å². The van der Waals surface area contributed by atoms with Crippen LogP contribution in [0.4, 0.5) is 4.39 Å². The van der Waals surface area contributed by atoms with Crippen molar-refractivity contribution in [2.24, 2.45) is 0 Å². The molecule has 0 N–H and O–H groups in total. The molecule has 3 aromatic rings. The number of ether oxygens (including phenoxy) is 1. The van der Waals surface area contributed by atoms with E-state index < -0.39 is 16.1 Å². The molecule has 1 fully saturated rings. The lowest BCUT2D eigenvalue weighted by Gasteiger charge is -2.44. The first-order valence-corrected chi connectivity index (χ1v) is 15.0. The van der Waals surface area contributed by atoms with Crippen LogP contribution in [0.1, 0.15) is 37.9 Å². The Morgan fingerprint density at radius 2 is 1.73 bits per heavy atom. The van der Waals surface area contributed by atoms with Crippen molar-refractivity contribution in [3.8, 4) is 5.75 Å². The van der Waals surface area contributed by atoms with Crippen LogP contribution in [0.5, 0.6) is 5.75 Å². The summed E-state index contributed by atoms with van der Waals surface area (Å²) < 4.78 is 47.0. The highest BCUT2D eigenvalue weighted by atomic mass is 35.5. The molecule has 10 heteroatoms. The highest BCUT2D eigenvalue weighted by molar-refractivity contribution is 7.89. The molecule has 0 bridgehead atoms. The first-order chi connectivity index (χ1) is 19.0. The molecule has 40 heavy (non-hydrogen) atoms. The second-order valence-corrected chi connectivity index (χ2v) is 12.7. The third-order valence-electron chi connectivity index (χ3n) is 7.47. The Bertz CT molecular complexity index is 1420. The third-order valence-corrected chi connectivity index (χ3v) is 9.65. The van der Waals surface area contributed by atoms with E-state index in [0.29, 0.717) is 36.0 Å². The summed E-state index contributed by atoms with van der Waals surface area (Å²) in [6.45, 7) is 7.52. The van der Waals surface area contributed by atoms with Gasteiger partial charge in [0.15, 0.2) is 6.61 Å². The first kappa shape index (κ1) is 30.0. The predicted octanol–water partition coefficient (Wildman–Crippen LogP) is 5.36. The molecule has 3 atom stereocenters. The maximum absolute atomic E-state index is 13.3. The van der Waals surface area contributed by atoms with Crippen molar-refractivity contribution < 1.29 is 22.3 Å². The number of amides is 1. The van der Waals surface area contributed by atoms with E-state index in [4.69, 9.17) is 16.3 Å². The number of piperazine rings is 1. The quantitative estimate of drug-likeness (QED) is 0.337. The minimum Gasteiger partial charge on any atom is -0.483 e. The van der Waals surface area contributed by atoms with Crippen molar-refractivity contribution >= 4 is 27.5 Å².